The highest BCUT2D eigenvalue weighted by Crippen LogP contribution is 2.39. The van der Waals surface area contributed by atoms with Crippen molar-refractivity contribution in [1.29, 1.82) is 0 Å². The minimum atomic E-state index is -0.159. The molecule has 2 heterocycles. The lowest BCUT2D eigenvalue weighted by molar-refractivity contribution is 0.288. The number of nitrogen functional groups attached to an aromatic ring is 1. The molecule has 0 bridgehead atoms. The number of benzene rings is 7. The van der Waals surface area contributed by atoms with Crippen LogP contribution in [-0.4, -0.2) is 23.7 Å². The number of rotatable bonds is 6. The highest BCUT2D eigenvalue weighted by atomic mass is 16.5. The number of ether oxygens (including phenoxy) is 2. The van der Waals surface area contributed by atoms with Crippen molar-refractivity contribution >= 4 is 17.1 Å². The molecule has 2 aliphatic heterocycles. The summed E-state index contributed by atoms with van der Waals surface area (Å²) in [6.07, 6.45) is 0. The smallest absolute Gasteiger partial charge is 0.161 e. The van der Waals surface area contributed by atoms with Crippen molar-refractivity contribution in [2.45, 2.75) is 59.0 Å². The van der Waals surface area contributed by atoms with E-state index in [0.29, 0.717) is 13.5 Å². The third-order valence-electron chi connectivity index (χ3n) is 11.3. The summed E-state index contributed by atoms with van der Waals surface area (Å²) in [6.45, 7) is 11.7. The monoisotopic (exact) mass is 802 g/mol. The number of nitrogens with two attached hydrogens (primary N) is 1. The molecule has 7 nitrogen and oxygen atoms in total. The maximum absolute atomic E-state index is 9.30. The van der Waals surface area contributed by atoms with E-state index in [-0.39, 0.29) is 31.2 Å². The van der Waals surface area contributed by atoms with Crippen molar-refractivity contribution in [1.82, 2.24) is 0 Å². The number of phenolic OH excluding ortho intramolecular Hbond substituents is 2. The van der Waals surface area contributed by atoms with Crippen LogP contribution in [0.2, 0.25) is 0 Å². The minimum absolute atomic E-state index is 0. The Morgan fingerprint density at radius 2 is 0.800 bits per heavy atom. The summed E-state index contributed by atoms with van der Waals surface area (Å²) < 4.78 is 12.2. The molecule has 0 saturated heterocycles. The number of para-hydroxylation sites is 3. The summed E-state index contributed by atoms with van der Waals surface area (Å²) in [5, 5.41) is 18.6. The van der Waals surface area contributed by atoms with Crippen LogP contribution in [0.25, 0.3) is 0 Å². The van der Waals surface area contributed by atoms with Crippen LogP contribution in [0.3, 0.4) is 0 Å². The van der Waals surface area contributed by atoms with Gasteiger partial charge in [-0.2, -0.15) is 0 Å². The van der Waals surface area contributed by atoms with Crippen LogP contribution in [0.5, 0.6) is 23.0 Å². The fraction of sp³-hybridized carbons (Fsp3) is 0.208. The maximum Gasteiger partial charge on any atom is 0.161 e. The van der Waals surface area contributed by atoms with Crippen LogP contribution in [0, 0.1) is 0 Å². The first kappa shape index (κ1) is 42.7. The Labute approximate surface area is 357 Å². The minimum Gasteiger partial charge on any atom is -0.508 e. The molecular formula is C53H59N3O4. The molecule has 0 saturated carbocycles. The molecule has 0 fully saturated rings. The van der Waals surface area contributed by atoms with E-state index in [0.717, 1.165) is 41.4 Å². The zero-order valence-corrected chi connectivity index (χ0v) is 34.3. The molecule has 0 spiro atoms. The lowest BCUT2D eigenvalue weighted by Gasteiger charge is -2.34. The van der Waals surface area contributed by atoms with Gasteiger partial charge in [0.25, 0.3) is 0 Å². The van der Waals surface area contributed by atoms with E-state index < -0.39 is 0 Å². The zero-order chi connectivity index (χ0) is 41.4. The fourth-order valence-electron chi connectivity index (χ4n) is 7.41. The number of anilines is 3. The van der Waals surface area contributed by atoms with Gasteiger partial charge in [0.15, 0.2) is 13.5 Å². The molecule has 7 aromatic rings. The van der Waals surface area contributed by atoms with Crippen molar-refractivity contribution in [3.63, 3.8) is 0 Å². The van der Waals surface area contributed by atoms with Crippen LogP contribution in [0.15, 0.2) is 176 Å². The van der Waals surface area contributed by atoms with Crippen molar-refractivity contribution < 1.29 is 21.1 Å². The number of phenols is 2. The number of hydrogen-bond donors (Lipinski definition) is 3. The van der Waals surface area contributed by atoms with E-state index in [2.05, 4.69) is 122 Å². The standard InChI is InChI=1S/C31H30N2O2.C15H16O2.C6H7N.CH4.H2/c1-31(2,25-13-15-29-23(17-25)19-32(21-34-29)27-9-5-3-6-10-27)26-14-16-30-24(18-26)20-33(22-35-30)28-11-7-4-8-12-28;1-15(2,11-3-7-13(16)8-4-11)12-5-9-14(17)10-6-12;7-6-4-2-1-3-5-6;;/h3-18H,19-22H2,1-2H3;3-10,16-17H,1-2H3;1-5H,7H2;1H4;1H/i;;;;1+1. The fourth-order valence-corrected chi connectivity index (χ4v) is 7.41. The van der Waals surface area contributed by atoms with E-state index >= 15 is 0 Å². The van der Waals surface area contributed by atoms with Gasteiger partial charge >= 0.3 is 0 Å². The Morgan fingerprint density at radius 3 is 1.15 bits per heavy atom. The Kier molecular flexibility index (Phi) is 13.4. The van der Waals surface area contributed by atoms with Crippen molar-refractivity contribution in [3.05, 3.63) is 209 Å². The van der Waals surface area contributed by atoms with Crippen molar-refractivity contribution in [3.8, 4) is 23.0 Å². The number of hydrogen-bond acceptors (Lipinski definition) is 7. The van der Waals surface area contributed by atoms with Crippen molar-refractivity contribution in [2.24, 2.45) is 0 Å². The van der Waals surface area contributed by atoms with Gasteiger partial charge in [0.1, 0.15) is 23.0 Å². The van der Waals surface area contributed by atoms with Gasteiger partial charge in [-0.1, -0.05) is 126 Å². The van der Waals surface area contributed by atoms with E-state index in [1.54, 1.807) is 24.3 Å². The Hall–Kier alpha value is -6.86. The van der Waals surface area contributed by atoms with Gasteiger partial charge in [0, 0.05) is 53.5 Å². The molecule has 7 heteroatoms. The van der Waals surface area contributed by atoms with E-state index in [9.17, 15) is 10.2 Å². The molecule has 0 unspecified atom stereocenters. The number of nitrogens with zero attached hydrogens (tertiary/aromatic N) is 2. The molecule has 9 rings (SSSR count). The molecule has 0 amide bonds. The lowest BCUT2D eigenvalue weighted by Crippen LogP contribution is -2.32. The summed E-state index contributed by atoms with van der Waals surface area (Å²) in [5.74, 6) is 2.51. The highest BCUT2D eigenvalue weighted by molar-refractivity contribution is 5.54. The highest BCUT2D eigenvalue weighted by Gasteiger charge is 2.28. The summed E-state index contributed by atoms with van der Waals surface area (Å²) in [6, 6.07) is 58.2. The van der Waals surface area contributed by atoms with Crippen molar-refractivity contribution in [2.75, 3.05) is 29.0 Å². The topological polar surface area (TPSA) is 91.4 Å². The molecule has 4 N–H and O–H groups in total. The summed E-state index contributed by atoms with van der Waals surface area (Å²) in [4.78, 5) is 4.54. The Bertz CT molecular complexity index is 2280. The summed E-state index contributed by atoms with van der Waals surface area (Å²) >= 11 is 0. The van der Waals surface area contributed by atoms with Gasteiger partial charge in [0.2, 0.25) is 0 Å². The lowest BCUT2D eigenvalue weighted by atomic mass is 9.77. The Morgan fingerprint density at radius 1 is 0.467 bits per heavy atom. The molecule has 0 aromatic heterocycles. The van der Waals surface area contributed by atoms with Gasteiger partial charge in [-0.05, 0) is 107 Å². The quantitative estimate of drug-likeness (QED) is 0.144. The van der Waals surface area contributed by atoms with E-state index in [1.807, 2.05) is 66.7 Å². The van der Waals surface area contributed by atoms with Crippen LogP contribution in [0.4, 0.5) is 17.1 Å². The van der Waals surface area contributed by atoms with Crippen LogP contribution < -0.4 is 25.0 Å². The second-order valence-electron chi connectivity index (χ2n) is 16.0. The van der Waals surface area contributed by atoms with Gasteiger partial charge in [-0.25, -0.2) is 0 Å². The largest absolute Gasteiger partial charge is 0.508 e. The predicted molar refractivity (Wildman–Crippen MR) is 249 cm³/mol. The summed E-state index contributed by atoms with van der Waals surface area (Å²) in [5.41, 5.74) is 15.5. The Balaban J connectivity index is 0.000000225. The van der Waals surface area contributed by atoms with Gasteiger partial charge < -0.3 is 35.2 Å². The summed E-state index contributed by atoms with van der Waals surface area (Å²) in [7, 11) is 0. The molecule has 0 aliphatic carbocycles. The zero-order valence-electron chi connectivity index (χ0n) is 34.3. The molecular weight excluding hydrogens is 743 g/mol. The first-order chi connectivity index (χ1) is 28.5. The van der Waals surface area contributed by atoms with E-state index in [1.165, 1.54) is 33.6 Å². The molecule has 310 valence electrons. The van der Waals surface area contributed by atoms with Gasteiger partial charge in [-0.15, -0.1) is 0 Å². The SMILES string of the molecule is C.CC(C)(c1ccc(O)cc1)c1ccc(O)cc1.CC(C)(c1ccc2c(c1)CN(c1ccccc1)CO2)c1ccc2c(c1)CN(c1ccccc1)CO2.Nc1ccccc1.[2HH]. The van der Waals surface area contributed by atoms with Gasteiger partial charge in [0.05, 0.1) is 0 Å². The molecule has 2 aliphatic rings. The first-order valence-electron chi connectivity index (χ1n) is 20.0. The third kappa shape index (κ3) is 10.0. The normalized spacial score (nSPS) is 13.0. The second kappa shape index (κ2) is 18.8. The predicted octanol–water partition coefficient (Wildman–Crippen LogP) is 12.3. The third-order valence-corrected chi connectivity index (χ3v) is 11.3. The molecule has 60 heavy (non-hydrogen) atoms. The van der Waals surface area contributed by atoms with E-state index in [4.69, 9.17) is 15.2 Å². The van der Waals surface area contributed by atoms with Crippen LogP contribution >= 0.6 is 0 Å². The van der Waals surface area contributed by atoms with Crippen LogP contribution in [0.1, 0.15) is 69.9 Å². The second-order valence-corrected chi connectivity index (χ2v) is 16.0. The molecule has 7 aromatic carbocycles. The van der Waals surface area contributed by atoms with Crippen LogP contribution in [-0.2, 0) is 23.9 Å². The molecule has 0 radical (unpaired) electrons. The average molecular weight is 803 g/mol. The molecule has 0 atom stereocenters. The van der Waals surface area contributed by atoms with Gasteiger partial charge in [-0.3, -0.25) is 0 Å². The number of fused-ring (bicyclic) bond motifs is 2. The maximum atomic E-state index is 9.30. The number of aromatic hydroxyl groups is 2. The average Bonchev–Trinajstić information content (AvgIpc) is 3.27. The first-order valence-corrected chi connectivity index (χ1v) is 20.0.